The Hall–Kier alpha value is -2.27. The summed E-state index contributed by atoms with van der Waals surface area (Å²) < 4.78 is 16.0. The van der Waals surface area contributed by atoms with E-state index >= 15 is 0 Å². The average Bonchev–Trinajstić information content (AvgIpc) is 2.96. The molecule has 1 aliphatic heterocycles. The van der Waals surface area contributed by atoms with Crippen molar-refractivity contribution in [3.8, 4) is 23.0 Å². The van der Waals surface area contributed by atoms with E-state index in [1.54, 1.807) is 25.3 Å². The summed E-state index contributed by atoms with van der Waals surface area (Å²) in [5.74, 6) is 2.02. The lowest BCUT2D eigenvalue weighted by Gasteiger charge is -2.10. The molecule has 0 fully saturated rings. The van der Waals surface area contributed by atoms with Crippen molar-refractivity contribution >= 4 is 17.3 Å². The first-order valence-corrected chi connectivity index (χ1v) is 6.74. The minimum Gasteiger partial charge on any atom is -0.506 e. The van der Waals surface area contributed by atoms with Gasteiger partial charge in [-0.2, -0.15) is 0 Å². The summed E-state index contributed by atoms with van der Waals surface area (Å²) in [6.07, 6.45) is 0. The molecular weight excluding hydrogens is 294 g/mol. The number of anilines is 1. The molecular formula is C15H14ClNO4. The minimum absolute atomic E-state index is 0.0620. The molecule has 1 aliphatic rings. The Kier molecular flexibility index (Phi) is 3.66. The normalized spacial score (nSPS) is 12.3. The van der Waals surface area contributed by atoms with Crippen LogP contribution in [0.5, 0.6) is 23.0 Å². The molecule has 2 N–H and O–H groups in total. The molecule has 6 heteroatoms. The number of methoxy groups -OCH3 is 1. The molecule has 0 unspecified atom stereocenters. The molecule has 2 aromatic rings. The predicted molar refractivity (Wildman–Crippen MR) is 79.6 cm³/mol. The highest BCUT2D eigenvalue weighted by molar-refractivity contribution is 6.32. The highest BCUT2D eigenvalue weighted by atomic mass is 35.5. The molecule has 0 bridgehead atoms. The highest BCUT2D eigenvalue weighted by Gasteiger charge is 2.19. The van der Waals surface area contributed by atoms with Crippen LogP contribution in [0.2, 0.25) is 5.02 Å². The molecule has 0 saturated heterocycles. The standard InChI is InChI=1S/C15H14ClNO4/c1-19-13-4-9(5-14-15(13)21-8-20-14)7-17-10-2-3-12(18)11(16)6-10/h2-6,17-18H,7-8H2,1H3. The highest BCUT2D eigenvalue weighted by Crippen LogP contribution is 2.41. The van der Waals surface area contributed by atoms with Gasteiger partial charge in [-0.25, -0.2) is 0 Å². The fourth-order valence-corrected chi connectivity index (χ4v) is 2.29. The first-order chi connectivity index (χ1) is 10.2. The largest absolute Gasteiger partial charge is 0.506 e. The third-order valence-electron chi connectivity index (χ3n) is 3.16. The van der Waals surface area contributed by atoms with Gasteiger partial charge >= 0.3 is 0 Å². The van der Waals surface area contributed by atoms with E-state index in [-0.39, 0.29) is 12.5 Å². The Bertz CT molecular complexity index is 675. The molecule has 1 heterocycles. The van der Waals surface area contributed by atoms with Crippen LogP contribution in [0, 0.1) is 0 Å². The summed E-state index contributed by atoms with van der Waals surface area (Å²) in [6.45, 7) is 0.768. The Labute approximate surface area is 127 Å². The molecule has 0 aliphatic carbocycles. The summed E-state index contributed by atoms with van der Waals surface area (Å²) in [4.78, 5) is 0. The number of phenolic OH excluding ortho intramolecular Hbond substituents is 1. The van der Waals surface area contributed by atoms with E-state index in [0.717, 1.165) is 11.3 Å². The van der Waals surface area contributed by atoms with E-state index in [9.17, 15) is 5.11 Å². The van der Waals surface area contributed by atoms with Crippen molar-refractivity contribution in [1.82, 2.24) is 0 Å². The topological polar surface area (TPSA) is 60.0 Å². The summed E-state index contributed by atoms with van der Waals surface area (Å²) in [5.41, 5.74) is 1.80. The third-order valence-corrected chi connectivity index (χ3v) is 3.47. The number of rotatable bonds is 4. The Morgan fingerprint density at radius 2 is 2.14 bits per heavy atom. The van der Waals surface area contributed by atoms with Gasteiger partial charge in [0.1, 0.15) is 5.75 Å². The zero-order valence-corrected chi connectivity index (χ0v) is 12.1. The molecule has 0 amide bonds. The van der Waals surface area contributed by atoms with Crippen molar-refractivity contribution in [2.24, 2.45) is 0 Å². The maximum absolute atomic E-state index is 9.40. The van der Waals surface area contributed by atoms with Crippen molar-refractivity contribution in [1.29, 1.82) is 0 Å². The number of fused-ring (bicyclic) bond motifs is 1. The second-order valence-corrected chi connectivity index (χ2v) is 4.96. The lowest BCUT2D eigenvalue weighted by atomic mass is 10.1. The van der Waals surface area contributed by atoms with Gasteiger partial charge in [-0.1, -0.05) is 11.6 Å². The van der Waals surface area contributed by atoms with Gasteiger partial charge in [0, 0.05) is 12.2 Å². The molecule has 0 radical (unpaired) electrons. The van der Waals surface area contributed by atoms with Gasteiger partial charge in [-0.15, -0.1) is 0 Å². The van der Waals surface area contributed by atoms with Crippen LogP contribution in [0.15, 0.2) is 30.3 Å². The second-order valence-electron chi connectivity index (χ2n) is 4.55. The van der Waals surface area contributed by atoms with E-state index in [2.05, 4.69) is 5.32 Å². The number of aromatic hydroxyl groups is 1. The molecule has 5 nitrogen and oxygen atoms in total. The minimum atomic E-state index is 0.0620. The smallest absolute Gasteiger partial charge is 0.231 e. The number of nitrogens with one attached hydrogen (secondary N) is 1. The zero-order chi connectivity index (χ0) is 14.8. The lowest BCUT2D eigenvalue weighted by molar-refractivity contribution is 0.171. The number of ether oxygens (including phenoxy) is 3. The van der Waals surface area contributed by atoms with Crippen LogP contribution < -0.4 is 19.5 Å². The van der Waals surface area contributed by atoms with Crippen LogP contribution >= 0.6 is 11.6 Å². The number of benzene rings is 2. The quantitative estimate of drug-likeness (QED) is 0.848. The molecule has 110 valence electrons. The van der Waals surface area contributed by atoms with Gasteiger partial charge in [-0.3, -0.25) is 0 Å². The first kappa shape index (κ1) is 13.7. The van der Waals surface area contributed by atoms with Crippen LogP contribution in [-0.4, -0.2) is 19.0 Å². The fourth-order valence-electron chi connectivity index (χ4n) is 2.11. The first-order valence-electron chi connectivity index (χ1n) is 6.36. The Morgan fingerprint density at radius 1 is 1.29 bits per heavy atom. The van der Waals surface area contributed by atoms with Gasteiger partial charge in [-0.05, 0) is 35.9 Å². The van der Waals surface area contributed by atoms with Gasteiger partial charge in [0.25, 0.3) is 0 Å². The van der Waals surface area contributed by atoms with Crippen LogP contribution in [0.4, 0.5) is 5.69 Å². The van der Waals surface area contributed by atoms with Crippen LogP contribution in [0.3, 0.4) is 0 Å². The van der Waals surface area contributed by atoms with Crippen molar-refractivity contribution in [2.45, 2.75) is 6.54 Å². The van der Waals surface area contributed by atoms with Crippen molar-refractivity contribution < 1.29 is 19.3 Å². The SMILES string of the molecule is COc1cc(CNc2ccc(O)c(Cl)c2)cc2c1OCO2. The lowest BCUT2D eigenvalue weighted by Crippen LogP contribution is -2.00. The molecule has 0 spiro atoms. The summed E-state index contributed by atoms with van der Waals surface area (Å²) in [5, 5.41) is 12.9. The van der Waals surface area contributed by atoms with Crippen LogP contribution in [-0.2, 0) is 6.54 Å². The zero-order valence-electron chi connectivity index (χ0n) is 11.4. The molecule has 0 aromatic heterocycles. The van der Waals surface area contributed by atoms with E-state index in [1.807, 2.05) is 12.1 Å². The molecule has 3 rings (SSSR count). The Balaban J connectivity index is 1.77. The van der Waals surface area contributed by atoms with E-state index in [4.69, 9.17) is 25.8 Å². The van der Waals surface area contributed by atoms with Crippen molar-refractivity contribution in [3.05, 3.63) is 40.9 Å². The van der Waals surface area contributed by atoms with Gasteiger partial charge in [0.2, 0.25) is 12.5 Å². The maximum Gasteiger partial charge on any atom is 0.231 e. The number of phenols is 1. The summed E-state index contributed by atoms with van der Waals surface area (Å²) >= 11 is 5.87. The van der Waals surface area contributed by atoms with E-state index in [0.29, 0.717) is 28.8 Å². The van der Waals surface area contributed by atoms with Crippen LogP contribution in [0.25, 0.3) is 0 Å². The Morgan fingerprint density at radius 3 is 2.90 bits per heavy atom. The monoisotopic (exact) mass is 307 g/mol. The number of hydrogen-bond donors (Lipinski definition) is 2. The number of halogens is 1. The van der Waals surface area contributed by atoms with E-state index in [1.165, 1.54) is 0 Å². The second kappa shape index (κ2) is 5.61. The van der Waals surface area contributed by atoms with Crippen LogP contribution in [0.1, 0.15) is 5.56 Å². The fraction of sp³-hybridized carbons (Fsp3) is 0.200. The molecule has 0 saturated carbocycles. The molecule has 0 atom stereocenters. The predicted octanol–water partition coefficient (Wildman–Crippen LogP) is 3.40. The van der Waals surface area contributed by atoms with Gasteiger partial charge < -0.3 is 24.6 Å². The molecule has 2 aromatic carbocycles. The maximum atomic E-state index is 9.40. The summed E-state index contributed by atoms with van der Waals surface area (Å²) in [7, 11) is 1.59. The van der Waals surface area contributed by atoms with E-state index < -0.39 is 0 Å². The van der Waals surface area contributed by atoms with Gasteiger partial charge in [0.05, 0.1) is 12.1 Å². The number of hydrogen-bond acceptors (Lipinski definition) is 5. The van der Waals surface area contributed by atoms with Crippen molar-refractivity contribution in [3.63, 3.8) is 0 Å². The summed E-state index contributed by atoms with van der Waals surface area (Å²) in [6, 6.07) is 8.76. The van der Waals surface area contributed by atoms with Gasteiger partial charge in [0.15, 0.2) is 11.5 Å². The third kappa shape index (κ3) is 2.78. The molecule has 21 heavy (non-hydrogen) atoms. The van der Waals surface area contributed by atoms with Crippen molar-refractivity contribution in [2.75, 3.05) is 19.2 Å². The average molecular weight is 308 g/mol.